The van der Waals surface area contributed by atoms with Crippen molar-refractivity contribution in [3.05, 3.63) is 53.5 Å². The molecule has 152 valence electrons. The van der Waals surface area contributed by atoms with E-state index in [-0.39, 0.29) is 29.2 Å². The third-order valence-electron chi connectivity index (χ3n) is 4.23. The highest BCUT2D eigenvalue weighted by Crippen LogP contribution is 2.33. The van der Waals surface area contributed by atoms with Crippen LogP contribution in [0.5, 0.6) is 11.5 Å². The fourth-order valence-electron chi connectivity index (χ4n) is 2.77. The van der Waals surface area contributed by atoms with Gasteiger partial charge in [0.1, 0.15) is 5.82 Å². The van der Waals surface area contributed by atoms with Crippen molar-refractivity contribution in [2.75, 3.05) is 19.3 Å². The van der Waals surface area contributed by atoms with E-state index in [2.05, 4.69) is 42.3 Å². The number of aromatic nitrogens is 3. The van der Waals surface area contributed by atoms with Crippen LogP contribution < -0.4 is 14.6 Å². The fraction of sp³-hybridized carbons (Fsp3) is 0.167. The molecule has 1 aromatic carbocycles. The molecule has 0 aliphatic heterocycles. The van der Waals surface area contributed by atoms with Gasteiger partial charge >= 0.3 is 0 Å². The van der Waals surface area contributed by atoms with Crippen molar-refractivity contribution in [3.8, 4) is 22.6 Å². The average Bonchev–Trinajstić information content (AvgIpc) is 3.26. The minimum Gasteiger partial charge on any atom is -0.494 e. The lowest BCUT2D eigenvalue weighted by atomic mass is 9.99. The van der Waals surface area contributed by atoms with E-state index in [1.54, 1.807) is 24.7 Å². The SMILES string of the molecule is COc1cc(OC)c(F)c(CC(=N)c2cc(-c3cn[nH]c3)cnc2NPI)c1F. The molecule has 1 atom stereocenters. The number of nitrogens with one attached hydrogen (secondary N) is 3. The molecule has 29 heavy (non-hydrogen) atoms. The summed E-state index contributed by atoms with van der Waals surface area (Å²) >= 11 is 2.14. The second kappa shape index (κ2) is 9.45. The lowest BCUT2D eigenvalue weighted by molar-refractivity contribution is 0.354. The summed E-state index contributed by atoms with van der Waals surface area (Å²) in [7, 11) is 2.57. The highest BCUT2D eigenvalue weighted by molar-refractivity contribution is 14.2. The van der Waals surface area contributed by atoms with Crippen molar-refractivity contribution in [1.82, 2.24) is 15.2 Å². The van der Waals surface area contributed by atoms with Crippen molar-refractivity contribution in [2.45, 2.75) is 6.42 Å². The number of halogens is 3. The number of hydrogen-bond donors (Lipinski definition) is 3. The Bertz CT molecular complexity index is 1010. The first-order valence-electron chi connectivity index (χ1n) is 8.27. The molecule has 0 saturated carbocycles. The molecule has 2 heterocycles. The van der Waals surface area contributed by atoms with Crippen molar-refractivity contribution >= 4 is 39.9 Å². The number of H-pyrrole nitrogens is 1. The van der Waals surface area contributed by atoms with E-state index in [1.807, 2.05) is 0 Å². The van der Waals surface area contributed by atoms with Crippen LogP contribution in [0, 0.1) is 17.0 Å². The summed E-state index contributed by atoms with van der Waals surface area (Å²) in [5.41, 5.74) is 1.64. The number of methoxy groups -OCH3 is 2. The number of ether oxygens (including phenoxy) is 2. The summed E-state index contributed by atoms with van der Waals surface area (Å²) < 4.78 is 39.4. The highest BCUT2D eigenvalue weighted by Gasteiger charge is 2.23. The van der Waals surface area contributed by atoms with Gasteiger partial charge in [0.05, 0.1) is 20.4 Å². The molecule has 0 saturated heterocycles. The summed E-state index contributed by atoms with van der Waals surface area (Å²) in [5.74, 6) is -1.56. The third kappa shape index (κ3) is 4.48. The predicted molar refractivity (Wildman–Crippen MR) is 118 cm³/mol. The van der Waals surface area contributed by atoms with E-state index in [1.165, 1.54) is 14.2 Å². The third-order valence-corrected chi connectivity index (χ3v) is 5.37. The normalized spacial score (nSPS) is 11.1. The molecule has 0 aliphatic carbocycles. The first-order chi connectivity index (χ1) is 14.0. The molecule has 3 rings (SSSR count). The smallest absolute Gasteiger partial charge is 0.171 e. The molecular weight excluding hydrogens is 514 g/mol. The van der Waals surface area contributed by atoms with Gasteiger partial charge in [0.15, 0.2) is 23.1 Å². The van der Waals surface area contributed by atoms with E-state index >= 15 is 0 Å². The molecule has 7 nitrogen and oxygen atoms in total. The average molecular weight is 531 g/mol. The maximum atomic E-state index is 14.7. The van der Waals surface area contributed by atoms with Crippen LogP contribution in [0.4, 0.5) is 14.6 Å². The quantitative estimate of drug-likeness (QED) is 0.222. The van der Waals surface area contributed by atoms with Gasteiger partial charge in [0, 0.05) is 59.2 Å². The van der Waals surface area contributed by atoms with Gasteiger partial charge in [-0.1, -0.05) is 0 Å². The van der Waals surface area contributed by atoms with E-state index in [4.69, 9.17) is 14.9 Å². The molecular formula is C18H17F2IN5O2P. The standard InChI is InChI=1S/C18H17F2IN5O2P/c1-27-14-5-15(28-2)17(20)12(16(14)19)4-13(22)11-3-9(10-7-24-25-8-10)6-23-18(11)26-29-21/h3,5-8,22,29H,4H2,1-2H3,(H,23,26)(H,24,25). The zero-order valence-electron chi connectivity index (χ0n) is 15.4. The highest BCUT2D eigenvalue weighted by atomic mass is 127. The molecule has 1 unspecified atom stereocenters. The zero-order chi connectivity index (χ0) is 21.0. The number of hydrogen-bond acceptors (Lipinski definition) is 6. The fourth-order valence-corrected chi connectivity index (χ4v) is 3.82. The molecule has 0 spiro atoms. The number of aromatic amines is 1. The molecule has 11 heteroatoms. The summed E-state index contributed by atoms with van der Waals surface area (Å²) in [4.78, 5) is 4.37. The molecule has 2 aromatic heterocycles. The van der Waals surface area contributed by atoms with Crippen molar-refractivity contribution in [2.24, 2.45) is 0 Å². The second-order valence-corrected chi connectivity index (χ2v) is 7.93. The monoisotopic (exact) mass is 531 g/mol. The Kier molecular flexibility index (Phi) is 6.96. The largest absolute Gasteiger partial charge is 0.494 e. The molecule has 0 bridgehead atoms. The van der Waals surface area contributed by atoms with Gasteiger partial charge in [0.2, 0.25) is 0 Å². The van der Waals surface area contributed by atoms with E-state index in [9.17, 15) is 8.78 Å². The summed E-state index contributed by atoms with van der Waals surface area (Å²) in [6, 6.07) is 2.88. The van der Waals surface area contributed by atoms with Crippen molar-refractivity contribution < 1.29 is 18.3 Å². The minimum atomic E-state index is -0.861. The van der Waals surface area contributed by atoms with Crippen LogP contribution in [0.15, 0.2) is 30.7 Å². The molecule has 3 N–H and O–H groups in total. The Hall–Kier alpha value is -2.33. The van der Waals surface area contributed by atoms with Crippen LogP contribution in [0.2, 0.25) is 0 Å². The van der Waals surface area contributed by atoms with Crippen molar-refractivity contribution in [1.29, 1.82) is 5.41 Å². The first kappa shape index (κ1) is 21.4. The molecule has 0 radical (unpaired) electrons. The predicted octanol–water partition coefficient (Wildman–Crippen LogP) is 4.73. The van der Waals surface area contributed by atoms with Crippen LogP contribution in [0.25, 0.3) is 11.1 Å². The Labute approximate surface area is 180 Å². The molecule has 3 aromatic rings. The summed E-state index contributed by atoms with van der Waals surface area (Å²) in [5, 5.41) is 18.3. The number of anilines is 1. The molecule has 0 fully saturated rings. The zero-order valence-corrected chi connectivity index (χ0v) is 18.6. The summed E-state index contributed by atoms with van der Waals surface area (Å²) in [6.45, 7) is 0. The topological polar surface area (TPSA) is 95.9 Å². The van der Waals surface area contributed by atoms with Gasteiger partial charge in [-0.05, 0) is 28.1 Å². The Morgan fingerprint density at radius 3 is 2.41 bits per heavy atom. The number of benzene rings is 1. The van der Waals surface area contributed by atoms with Gasteiger partial charge in [-0.2, -0.15) is 5.10 Å². The van der Waals surface area contributed by atoms with Crippen LogP contribution in [-0.4, -0.2) is 35.1 Å². The van der Waals surface area contributed by atoms with Gasteiger partial charge in [0.25, 0.3) is 0 Å². The first-order valence-corrected chi connectivity index (χ1v) is 12.4. The van der Waals surface area contributed by atoms with Crippen molar-refractivity contribution in [3.63, 3.8) is 0 Å². The minimum absolute atomic E-state index is 0.00639. The van der Waals surface area contributed by atoms with E-state index in [0.29, 0.717) is 17.8 Å². The lowest BCUT2D eigenvalue weighted by Crippen LogP contribution is -2.12. The molecule has 0 amide bonds. The van der Waals surface area contributed by atoms with E-state index in [0.717, 1.165) is 17.2 Å². The number of nitrogens with zero attached hydrogens (tertiary/aromatic N) is 2. The van der Waals surface area contributed by atoms with Gasteiger partial charge < -0.3 is 20.0 Å². The lowest BCUT2D eigenvalue weighted by Gasteiger charge is -2.15. The van der Waals surface area contributed by atoms with E-state index < -0.39 is 11.6 Å². The molecule has 0 aliphatic rings. The van der Waals surface area contributed by atoms with Gasteiger partial charge in [-0.15, -0.1) is 0 Å². The Morgan fingerprint density at radius 2 is 1.86 bits per heavy atom. The maximum Gasteiger partial charge on any atom is 0.171 e. The second-order valence-electron chi connectivity index (χ2n) is 5.87. The number of rotatable bonds is 8. The van der Waals surface area contributed by atoms with Crippen LogP contribution in [-0.2, 0) is 6.42 Å². The van der Waals surface area contributed by atoms with Crippen LogP contribution >= 0.6 is 28.4 Å². The summed E-state index contributed by atoms with van der Waals surface area (Å²) in [6.07, 6.45) is 4.98. The Balaban J connectivity index is 2.04. The van der Waals surface area contributed by atoms with Crippen LogP contribution in [0.1, 0.15) is 11.1 Å². The number of pyridine rings is 1. The van der Waals surface area contributed by atoms with Gasteiger partial charge in [-0.3, -0.25) is 5.10 Å². The van der Waals surface area contributed by atoms with Gasteiger partial charge in [-0.25, -0.2) is 13.8 Å². The van der Waals surface area contributed by atoms with Crippen LogP contribution in [0.3, 0.4) is 0 Å². The Morgan fingerprint density at radius 1 is 1.17 bits per heavy atom. The maximum absolute atomic E-state index is 14.7.